The van der Waals surface area contributed by atoms with E-state index >= 15 is 0 Å². The highest BCUT2D eigenvalue weighted by Crippen LogP contribution is 2.34. The van der Waals surface area contributed by atoms with Crippen LogP contribution in [0, 0.1) is 10.1 Å². The number of anilines is 1. The molecular formula is C12H10BrN3O4. The minimum atomic E-state index is -0.552. The summed E-state index contributed by atoms with van der Waals surface area (Å²) < 4.78 is 11.1. The third kappa shape index (κ3) is 2.97. The lowest BCUT2D eigenvalue weighted by atomic mass is 10.3. The fourth-order valence-electron chi connectivity index (χ4n) is 1.52. The highest BCUT2D eigenvalue weighted by atomic mass is 79.9. The van der Waals surface area contributed by atoms with Gasteiger partial charge in [-0.2, -0.15) is 0 Å². The fourth-order valence-corrected chi connectivity index (χ4v) is 1.86. The second-order valence-corrected chi connectivity index (χ2v) is 4.66. The molecule has 0 aliphatic heterocycles. The van der Waals surface area contributed by atoms with E-state index in [1.54, 1.807) is 6.07 Å². The first-order valence-electron chi connectivity index (χ1n) is 5.42. The molecule has 8 heteroatoms. The van der Waals surface area contributed by atoms with Crippen LogP contribution in [-0.4, -0.2) is 17.0 Å². The van der Waals surface area contributed by atoms with Crippen LogP contribution in [0.15, 0.2) is 34.9 Å². The summed E-state index contributed by atoms with van der Waals surface area (Å²) in [4.78, 5) is 14.4. The summed E-state index contributed by atoms with van der Waals surface area (Å²) >= 11 is 3.23. The molecule has 104 valence electrons. The van der Waals surface area contributed by atoms with Crippen molar-refractivity contribution in [2.75, 3.05) is 12.8 Å². The third-order valence-corrected chi connectivity index (χ3v) is 2.84. The molecule has 0 bridgehead atoms. The van der Waals surface area contributed by atoms with E-state index < -0.39 is 4.92 Å². The summed E-state index contributed by atoms with van der Waals surface area (Å²) in [5.41, 5.74) is 5.87. The van der Waals surface area contributed by atoms with E-state index in [2.05, 4.69) is 20.9 Å². The van der Waals surface area contributed by atoms with Gasteiger partial charge in [0.1, 0.15) is 5.75 Å². The molecule has 1 heterocycles. The van der Waals surface area contributed by atoms with Crippen LogP contribution in [0.5, 0.6) is 17.4 Å². The van der Waals surface area contributed by atoms with Crippen LogP contribution in [0.4, 0.5) is 11.4 Å². The van der Waals surface area contributed by atoms with Crippen LogP contribution in [0.1, 0.15) is 0 Å². The minimum absolute atomic E-state index is 0.152. The van der Waals surface area contributed by atoms with Crippen molar-refractivity contribution >= 4 is 27.3 Å². The molecule has 0 saturated carbocycles. The average molecular weight is 340 g/mol. The Morgan fingerprint density at radius 1 is 1.40 bits per heavy atom. The number of halogens is 1. The maximum atomic E-state index is 10.9. The van der Waals surface area contributed by atoms with Gasteiger partial charge in [-0.1, -0.05) is 0 Å². The van der Waals surface area contributed by atoms with Gasteiger partial charge in [0.2, 0.25) is 5.88 Å². The van der Waals surface area contributed by atoms with Crippen molar-refractivity contribution in [2.45, 2.75) is 0 Å². The van der Waals surface area contributed by atoms with Gasteiger partial charge >= 0.3 is 5.69 Å². The van der Waals surface area contributed by atoms with Crippen LogP contribution >= 0.6 is 15.9 Å². The van der Waals surface area contributed by atoms with Crippen molar-refractivity contribution in [3.63, 3.8) is 0 Å². The van der Waals surface area contributed by atoms with Crippen molar-refractivity contribution < 1.29 is 14.4 Å². The van der Waals surface area contributed by atoms with Crippen molar-refractivity contribution in [3.8, 4) is 17.4 Å². The Kier molecular flexibility index (Phi) is 4.04. The summed E-state index contributed by atoms with van der Waals surface area (Å²) in [6.07, 6.45) is 1.52. The molecule has 2 aromatic rings. The molecule has 0 spiro atoms. The van der Waals surface area contributed by atoms with E-state index in [1.165, 1.54) is 31.5 Å². The number of methoxy groups -OCH3 is 1. The van der Waals surface area contributed by atoms with Crippen molar-refractivity contribution in [2.24, 2.45) is 0 Å². The normalized spacial score (nSPS) is 10.1. The lowest BCUT2D eigenvalue weighted by Gasteiger charge is -2.08. The summed E-state index contributed by atoms with van der Waals surface area (Å²) in [5, 5.41) is 10.9. The van der Waals surface area contributed by atoms with E-state index in [0.29, 0.717) is 10.2 Å². The number of nitrogen functional groups attached to an aromatic ring is 1. The largest absolute Gasteiger partial charge is 0.490 e. The van der Waals surface area contributed by atoms with Crippen LogP contribution in [0.2, 0.25) is 0 Å². The zero-order valence-corrected chi connectivity index (χ0v) is 12.0. The lowest BCUT2D eigenvalue weighted by Crippen LogP contribution is -1.97. The number of nitrogens with zero attached hydrogens (tertiary/aromatic N) is 2. The number of hydrogen-bond donors (Lipinski definition) is 1. The number of pyridine rings is 1. The predicted octanol–water partition coefficient (Wildman–Crippen LogP) is 3.14. The first kappa shape index (κ1) is 14.1. The molecule has 7 nitrogen and oxygen atoms in total. The summed E-state index contributed by atoms with van der Waals surface area (Å²) in [7, 11) is 1.36. The average Bonchev–Trinajstić information content (AvgIpc) is 2.41. The van der Waals surface area contributed by atoms with Gasteiger partial charge in [0.05, 0.1) is 23.8 Å². The van der Waals surface area contributed by atoms with E-state index in [0.717, 1.165) is 0 Å². The van der Waals surface area contributed by atoms with Crippen LogP contribution in [0.25, 0.3) is 0 Å². The highest BCUT2D eigenvalue weighted by Gasteiger charge is 2.16. The maximum absolute atomic E-state index is 10.9. The summed E-state index contributed by atoms with van der Waals surface area (Å²) in [6.45, 7) is 0. The summed E-state index contributed by atoms with van der Waals surface area (Å²) in [5.74, 6) is 0.575. The molecule has 0 saturated heterocycles. The second kappa shape index (κ2) is 5.74. The first-order valence-corrected chi connectivity index (χ1v) is 6.22. The number of benzene rings is 1. The number of hydrogen-bond acceptors (Lipinski definition) is 6. The van der Waals surface area contributed by atoms with Crippen molar-refractivity contribution in [1.29, 1.82) is 0 Å². The van der Waals surface area contributed by atoms with Gasteiger partial charge in [0.15, 0.2) is 5.75 Å². The van der Waals surface area contributed by atoms with E-state index in [9.17, 15) is 10.1 Å². The van der Waals surface area contributed by atoms with E-state index in [-0.39, 0.29) is 23.1 Å². The molecule has 0 amide bonds. The number of rotatable bonds is 4. The Hall–Kier alpha value is -2.35. The Morgan fingerprint density at radius 3 is 2.75 bits per heavy atom. The Balaban J connectivity index is 2.34. The molecule has 0 unspecified atom stereocenters. The smallest absolute Gasteiger partial charge is 0.314 e. The van der Waals surface area contributed by atoms with E-state index in [4.69, 9.17) is 15.2 Å². The predicted molar refractivity (Wildman–Crippen MR) is 76.1 cm³/mol. The van der Waals surface area contributed by atoms with Gasteiger partial charge in [-0.3, -0.25) is 10.1 Å². The lowest BCUT2D eigenvalue weighted by molar-refractivity contribution is -0.385. The number of nitrogens with two attached hydrogens (primary N) is 1. The summed E-state index contributed by atoms with van der Waals surface area (Å²) in [6, 6.07) is 5.86. The van der Waals surface area contributed by atoms with Crippen LogP contribution < -0.4 is 15.2 Å². The third-order valence-electron chi connectivity index (χ3n) is 2.41. The number of ether oxygens (including phenoxy) is 2. The molecular weight excluding hydrogens is 330 g/mol. The molecule has 20 heavy (non-hydrogen) atoms. The van der Waals surface area contributed by atoms with Crippen molar-refractivity contribution in [1.82, 2.24) is 4.98 Å². The Labute approximate surface area is 122 Å². The number of aromatic nitrogens is 1. The number of nitro benzene ring substituents is 1. The van der Waals surface area contributed by atoms with Gasteiger partial charge in [0, 0.05) is 10.7 Å². The van der Waals surface area contributed by atoms with E-state index in [1.807, 2.05) is 0 Å². The quantitative estimate of drug-likeness (QED) is 0.678. The maximum Gasteiger partial charge on any atom is 0.314 e. The van der Waals surface area contributed by atoms with Gasteiger partial charge < -0.3 is 15.2 Å². The highest BCUT2D eigenvalue weighted by molar-refractivity contribution is 9.10. The first-order chi connectivity index (χ1) is 9.51. The van der Waals surface area contributed by atoms with Gasteiger partial charge in [-0.05, 0) is 34.1 Å². The fraction of sp³-hybridized carbons (Fsp3) is 0.0833. The molecule has 0 fully saturated rings. The zero-order chi connectivity index (χ0) is 14.7. The molecule has 2 rings (SSSR count). The Bertz CT molecular complexity index is 663. The van der Waals surface area contributed by atoms with Crippen LogP contribution in [0.3, 0.4) is 0 Å². The SMILES string of the molecule is COc1ccc(Oc2ncc(Br)cc2N)cc1[N+](=O)[O-]. The molecule has 0 aliphatic carbocycles. The molecule has 0 atom stereocenters. The van der Waals surface area contributed by atoms with Crippen molar-refractivity contribution in [3.05, 3.63) is 45.0 Å². The Morgan fingerprint density at radius 2 is 2.15 bits per heavy atom. The van der Waals surface area contributed by atoms with Gasteiger partial charge in [0.25, 0.3) is 0 Å². The zero-order valence-electron chi connectivity index (χ0n) is 10.4. The standard InChI is InChI=1S/C12H10BrN3O4/c1-19-11-3-2-8(5-10(11)16(17)18)20-12-9(14)4-7(13)6-15-12/h2-6H,14H2,1H3. The number of nitro groups is 1. The molecule has 2 N–H and O–H groups in total. The van der Waals surface area contributed by atoms with Crippen LogP contribution in [-0.2, 0) is 0 Å². The molecule has 1 aromatic carbocycles. The minimum Gasteiger partial charge on any atom is -0.490 e. The van der Waals surface area contributed by atoms with Gasteiger partial charge in [-0.25, -0.2) is 4.98 Å². The molecule has 0 radical (unpaired) electrons. The van der Waals surface area contributed by atoms with Gasteiger partial charge in [-0.15, -0.1) is 0 Å². The molecule has 0 aliphatic rings. The second-order valence-electron chi connectivity index (χ2n) is 3.74. The monoisotopic (exact) mass is 339 g/mol. The topological polar surface area (TPSA) is 101 Å². The molecule has 1 aromatic heterocycles.